The van der Waals surface area contributed by atoms with Crippen LogP contribution < -0.4 is 10.6 Å². The van der Waals surface area contributed by atoms with Gasteiger partial charge in [-0.2, -0.15) is 0 Å². The lowest BCUT2D eigenvalue weighted by Crippen LogP contribution is -2.19. The second-order valence-electron chi connectivity index (χ2n) is 11.4. The van der Waals surface area contributed by atoms with Crippen LogP contribution in [0.3, 0.4) is 0 Å². The lowest BCUT2D eigenvalue weighted by molar-refractivity contribution is -0.143. The van der Waals surface area contributed by atoms with Gasteiger partial charge in [-0.05, 0) is 86.1 Å². The number of rotatable bonds is 12. The van der Waals surface area contributed by atoms with Crippen LogP contribution in [0.4, 0.5) is 8.78 Å². The number of hydrogen-bond donors (Lipinski definition) is 6. The van der Waals surface area contributed by atoms with E-state index in [9.17, 15) is 38.2 Å². The molecule has 4 heterocycles. The highest BCUT2D eigenvalue weighted by atomic mass is 19.1. The molecule has 0 aliphatic carbocycles. The van der Waals surface area contributed by atoms with Gasteiger partial charge < -0.3 is 30.8 Å². The van der Waals surface area contributed by atoms with E-state index in [2.05, 4.69) is 20.6 Å². The van der Waals surface area contributed by atoms with Crippen molar-refractivity contribution in [1.29, 1.82) is 0 Å². The fraction of sp³-hybridized carbons (Fsp3) is 0.394. The summed E-state index contributed by atoms with van der Waals surface area (Å²) in [5.74, 6) is -3.67. The summed E-state index contributed by atoms with van der Waals surface area (Å²) in [5, 5.41) is 24.3. The first-order chi connectivity index (χ1) is 21.2. The largest absolute Gasteiger partial charge is 0.479 e. The Kier molecular flexibility index (Phi) is 9.65. The van der Waals surface area contributed by atoms with Crippen molar-refractivity contribution in [3.8, 4) is 0 Å². The smallest absolute Gasteiger partial charge is 0.338 e. The number of nitrogens with one attached hydrogen (secondary N) is 4. The first-order valence-electron chi connectivity index (χ1n) is 14.8. The van der Waals surface area contributed by atoms with Gasteiger partial charge in [0.15, 0.2) is 0 Å². The molecule has 2 unspecified atom stereocenters. The summed E-state index contributed by atoms with van der Waals surface area (Å²) in [6.45, 7) is 10.7. The van der Waals surface area contributed by atoms with Crippen LogP contribution in [0.25, 0.3) is 12.2 Å². The van der Waals surface area contributed by atoms with Crippen molar-refractivity contribution < 1.29 is 38.2 Å². The van der Waals surface area contributed by atoms with Crippen molar-refractivity contribution in [2.75, 3.05) is 0 Å². The molecule has 4 rings (SSSR count). The lowest BCUT2D eigenvalue weighted by Gasteiger charge is -2.10. The van der Waals surface area contributed by atoms with E-state index in [0.717, 1.165) is 11.1 Å². The minimum atomic E-state index is -2.20. The van der Waals surface area contributed by atoms with Crippen molar-refractivity contribution in [1.82, 2.24) is 20.6 Å². The molecule has 2 amide bonds. The third-order valence-electron chi connectivity index (χ3n) is 8.69. The van der Waals surface area contributed by atoms with Crippen LogP contribution in [-0.4, -0.2) is 56.3 Å². The highest BCUT2D eigenvalue weighted by Gasteiger charge is 2.29. The number of H-pyrrole nitrogens is 2. The zero-order chi connectivity index (χ0) is 33.3. The van der Waals surface area contributed by atoms with Crippen LogP contribution in [0, 0.1) is 13.8 Å². The Morgan fingerprint density at radius 1 is 0.711 bits per heavy atom. The number of amides is 2. The number of hydrogen-bond acceptors (Lipinski definition) is 4. The molecule has 10 nitrogen and oxygen atoms in total. The topological polar surface area (TPSA) is 164 Å². The quantitative estimate of drug-likeness (QED) is 0.197. The molecule has 2 atom stereocenters. The van der Waals surface area contributed by atoms with Crippen molar-refractivity contribution in [2.24, 2.45) is 0 Å². The van der Waals surface area contributed by atoms with Crippen molar-refractivity contribution in [3.63, 3.8) is 0 Å². The fourth-order valence-corrected chi connectivity index (χ4v) is 6.00. The second-order valence-corrected chi connectivity index (χ2v) is 11.4. The SMILES string of the molecule is CCC1=C(C)C(=O)N/C1=C\c1[nH]c(Cc2[nH]c(/C=C3\NC(=O)C(C)=C3CC)c(C)c2CC(F)C(=O)O)c(CC(F)C(=O)O)c1C. The van der Waals surface area contributed by atoms with Crippen LogP contribution in [0.1, 0.15) is 85.6 Å². The van der Waals surface area contributed by atoms with Gasteiger partial charge in [-0.25, -0.2) is 18.4 Å². The number of allylic oxidation sites excluding steroid dienone is 2. The van der Waals surface area contributed by atoms with Gasteiger partial charge in [-0.1, -0.05) is 13.8 Å². The molecule has 45 heavy (non-hydrogen) atoms. The van der Waals surface area contributed by atoms with E-state index in [1.54, 1.807) is 39.8 Å². The van der Waals surface area contributed by atoms with E-state index in [0.29, 0.717) is 80.4 Å². The number of aromatic amines is 2. The number of halogens is 2. The molecule has 0 saturated heterocycles. The average Bonchev–Trinajstić information content (AvgIpc) is 3.62. The molecule has 12 heteroatoms. The Balaban J connectivity index is 1.85. The third-order valence-corrected chi connectivity index (χ3v) is 8.69. The van der Waals surface area contributed by atoms with Crippen LogP contribution >= 0.6 is 0 Å². The number of alkyl halides is 2. The predicted octanol–water partition coefficient (Wildman–Crippen LogP) is 4.88. The maximum Gasteiger partial charge on any atom is 0.338 e. The molecule has 0 radical (unpaired) electrons. The van der Waals surface area contributed by atoms with Crippen LogP contribution in [0.5, 0.6) is 0 Å². The van der Waals surface area contributed by atoms with Gasteiger partial charge in [-0.3, -0.25) is 9.59 Å². The van der Waals surface area contributed by atoms with Gasteiger partial charge in [0.1, 0.15) is 0 Å². The maximum atomic E-state index is 14.6. The Morgan fingerprint density at radius 3 is 1.38 bits per heavy atom. The van der Waals surface area contributed by atoms with E-state index in [1.165, 1.54) is 0 Å². The zero-order valence-electron chi connectivity index (χ0n) is 26.1. The van der Waals surface area contributed by atoms with Gasteiger partial charge in [-0.15, -0.1) is 0 Å². The molecule has 0 bridgehead atoms. The van der Waals surface area contributed by atoms with Gasteiger partial charge in [0.25, 0.3) is 11.8 Å². The highest BCUT2D eigenvalue weighted by Crippen LogP contribution is 2.32. The van der Waals surface area contributed by atoms with Crippen LogP contribution in [0.15, 0.2) is 33.7 Å². The second kappa shape index (κ2) is 13.1. The minimum Gasteiger partial charge on any atom is -0.479 e. The van der Waals surface area contributed by atoms with E-state index >= 15 is 0 Å². The third kappa shape index (κ3) is 6.54. The monoisotopic (exact) mass is 624 g/mol. The van der Waals surface area contributed by atoms with Gasteiger partial charge in [0.05, 0.1) is 0 Å². The summed E-state index contributed by atoms with van der Waals surface area (Å²) in [4.78, 5) is 54.1. The molecule has 0 saturated carbocycles. The summed E-state index contributed by atoms with van der Waals surface area (Å²) in [7, 11) is 0. The number of aromatic nitrogens is 2. The van der Waals surface area contributed by atoms with E-state index < -0.39 is 37.1 Å². The van der Waals surface area contributed by atoms with Gasteiger partial charge in [0.2, 0.25) is 12.3 Å². The van der Waals surface area contributed by atoms with Crippen molar-refractivity contribution >= 4 is 35.9 Å². The molecular weight excluding hydrogens is 586 g/mol. The number of aliphatic carboxylic acids is 2. The maximum absolute atomic E-state index is 14.6. The summed E-state index contributed by atoms with van der Waals surface area (Å²) < 4.78 is 29.3. The minimum absolute atomic E-state index is 0.0428. The molecule has 0 fully saturated rings. The molecule has 0 spiro atoms. The Hall–Kier alpha value is -4.74. The zero-order valence-corrected chi connectivity index (χ0v) is 26.1. The number of carboxylic acid groups (broad SMARTS) is 2. The van der Waals surface area contributed by atoms with Crippen LogP contribution in [-0.2, 0) is 38.4 Å². The highest BCUT2D eigenvalue weighted by molar-refractivity contribution is 6.01. The molecule has 2 aromatic rings. The summed E-state index contributed by atoms with van der Waals surface area (Å²) in [6.07, 6.45) is -0.597. The van der Waals surface area contributed by atoms with Crippen molar-refractivity contribution in [2.45, 2.75) is 86.0 Å². The first-order valence-corrected chi connectivity index (χ1v) is 14.8. The summed E-state index contributed by atoms with van der Waals surface area (Å²) in [5.41, 5.74) is 7.95. The Morgan fingerprint density at radius 2 is 1.07 bits per heavy atom. The molecule has 0 aromatic carbocycles. The normalized spacial score (nSPS) is 18.3. The number of carbonyl (C=O) groups is 4. The summed E-state index contributed by atoms with van der Waals surface area (Å²) >= 11 is 0. The molecular formula is C33H38F2N4O6. The van der Waals surface area contributed by atoms with E-state index in [4.69, 9.17) is 0 Å². The van der Waals surface area contributed by atoms with Crippen molar-refractivity contribution in [3.05, 3.63) is 78.7 Å². The van der Waals surface area contributed by atoms with Gasteiger partial charge in [0, 0.05) is 64.6 Å². The molecule has 240 valence electrons. The van der Waals surface area contributed by atoms with E-state index in [-0.39, 0.29) is 18.2 Å². The number of carbonyl (C=O) groups excluding carboxylic acids is 2. The van der Waals surface area contributed by atoms with E-state index in [1.807, 2.05) is 13.8 Å². The lowest BCUT2D eigenvalue weighted by atomic mass is 9.97. The molecule has 2 aliphatic heterocycles. The average molecular weight is 625 g/mol. The van der Waals surface area contributed by atoms with Crippen LogP contribution in [0.2, 0.25) is 0 Å². The van der Waals surface area contributed by atoms with Gasteiger partial charge >= 0.3 is 11.9 Å². The molecule has 2 aromatic heterocycles. The molecule has 2 aliphatic rings. The summed E-state index contributed by atoms with van der Waals surface area (Å²) in [6, 6.07) is 0. The first kappa shape index (κ1) is 33.2. The Bertz CT molecular complexity index is 1600. The fourth-order valence-electron chi connectivity index (χ4n) is 6.00. The Labute approximate surface area is 259 Å². The predicted molar refractivity (Wildman–Crippen MR) is 165 cm³/mol. The molecule has 6 N–H and O–H groups in total. The number of carboxylic acids is 2. The standard InChI is InChI=1S/C33H38F2N4O6/c1-7-18-16(5)30(40)38-26(18)11-24-14(3)20(9-22(34)32(42)43)28(36-24)13-29-21(10-23(35)33(44)45)15(4)25(37-29)12-27-19(8-2)17(6)31(41)39-27/h11-12,22-23,36-37H,7-10,13H2,1-6H3,(H,38,40)(H,39,41)(H,42,43)(H,44,45)/b26-11-,27-12-.